The van der Waals surface area contributed by atoms with E-state index in [1.807, 2.05) is 18.2 Å². The number of amides is 1. The van der Waals surface area contributed by atoms with Crippen LogP contribution in [0.1, 0.15) is 16.8 Å². The summed E-state index contributed by atoms with van der Waals surface area (Å²) in [5.74, 6) is 1.12. The predicted octanol–water partition coefficient (Wildman–Crippen LogP) is 2.43. The third-order valence-electron chi connectivity index (χ3n) is 3.94. The van der Waals surface area contributed by atoms with Crippen molar-refractivity contribution in [2.45, 2.75) is 6.42 Å². The van der Waals surface area contributed by atoms with Crippen molar-refractivity contribution in [1.82, 2.24) is 25.3 Å². The number of nitrogens with two attached hydrogens (primary N) is 1. The van der Waals surface area contributed by atoms with Crippen molar-refractivity contribution in [2.75, 3.05) is 11.1 Å². The van der Waals surface area contributed by atoms with E-state index in [9.17, 15) is 4.79 Å². The van der Waals surface area contributed by atoms with Gasteiger partial charge in [0, 0.05) is 30.6 Å². The molecule has 27 heavy (non-hydrogen) atoms. The van der Waals surface area contributed by atoms with E-state index in [0.29, 0.717) is 23.6 Å². The average molecular weight is 357 g/mol. The normalized spacial score (nSPS) is 12.1. The molecular formula is C19H15N7O. The van der Waals surface area contributed by atoms with Crippen LogP contribution in [0.4, 0.5) is 17.5 Å². The Morgan fingerprint density at radius 2 is 1.96 bits per heavy atom. The van der Waals surface area contributed by atoms with Crippen molar-refractivity contribution in [1.29, 1.82) is 0 Å². The molecule has 0 unspecified atom stereocenters. The second kappa shape index (κ2) is 7.07. The zero-order chi connectivity index (χ0) is 18.6. The Kier molecular flexibility index (Phi) is 4.30. The quantitative estimate of drug-likeness (QED) is 0.600. The van der Waals surface area contributed by atoms with Crippen LogP contribution >= 0.6 is 0 Å². The van der Waals surface area contributed by atoms with E-state index in [2.05, 4.69) is 36.3 Å². The Morgan fingerprint density at radius 3 is 2.70 bits per heavy atom. The van der Waals surface area contributed by atoms with E-state index in [-0.39, 0.29) is 11.7 Å². The van der Waals surface area contributed by atoms with Crippen molar-refractivity contribution in [3.05, 3.63) is 72.3 Å². The molecule has 1 amide bonds. The summed E-state index contributed by atoms with van der Waals surface area (Å²) in [5.41, 5.74) is 11.4. The number of anilines is 3. The number of nitrogens with one attached hydrogen (secondary N) is 2. The van der Waals surface area contributed by atoms with Crippen LogP contribution in [0.2, 0.25) is 0 Å². The molecule has 3 aromatic rings. The van der Waals surface area contributed by atoms with Gasteiger partial charge in [0.1, 0.15) is 23.8 Å². The molecule has 1 aliphatic carbocycles. The van der Waals surface area contributed by atoms with Crippen LogP contribution in [0.25, 0.3) is 11.1 Å². The Balaban J connectivity index is 1.61. The van der Waals surface area contributed by atoms with Crippen LogP contribution < -0.4 is 16.4 Å². The Hall–Kier alpha value is -4.03. The van der Waals surface area contributed by atoms with Gasteiger partial charge in [-0.1, -0.05) is 0 Å². The van der Waals surface area contributed by atoms with Gasteiger partial charge in [-0.25, -0.2) is 19.9 Å². The van der Waals surface area contributed by atoms with Gasteiger partial charge in [-0.3, -0.25) is 4.79 Å². The van der Waals surface area contributed by atoms with E-state index in [1.54, 1.807) is 30.7 Å². The van der Waals surface area contributed by atoms with E-state index in [1.165, 1.54) is 6.33 Å². The number of carbonyl (C=O) groups is 1. The van der Waals surface area contributed by atoms with Crippen molar-refractivity contribution < 1.29 is 4.79 Å². The summed E-state index contributed by atoms with van der Waals surface area (Å²) in [6.45, 7) is 0. The molecule has 132 valence electrons. The molecule has 0 saturated heterocycles. The summed E-state index contributed by atoms with van der Waals surface area (Å²) in [6.07, 6.45) is 8.92. The summed E-state index contributed by atoms with van der Waals surface area (Å²) < 4.78 is 0. The molecule has 3 aromatic heterocycles. The molecular weight excluding hydrogens is 342 g/mol. The number of pyridine rings is 2. The molecule has 1 aliphatic rings. The van der Waals surface area contributed by atoms with Gasteiger partial charge < -0.3 is 16.4 Å². The van der Waals surface area contributed by atoms with Gasteiger partial charge >= 0.3 is 0 Å². The van der Waals surface area contributed by atoms with E-state index < -0.39 is 0 Å². The summed E-state index contributed by atoms with van der Waals surface area (Å²) in [7, 11) is 0. The summed E-state index contributed by atoms with van der Waals surface area (Å²) >= 11 is 0. The predicted molar refractivity (Wildman–Crippen MR) is 101 cm³/mol. The molecule has 0 saturated carbocycles. The van der Waals surface area contributed by atoms with Crippen LogP contribution in [-0.4, -0.2) is 25.8 Å². The van der Waals surface area contributed by atoms with Crippen LogP contribution in [-0.2, 0) is 0 Å². The summed E-state index contributed by atoms with van der Waals surface area (Å²) in [5, 5.41) is 5.88. The highest BCUT2D eigenvalue weighted by Crippen LogP contribution is 2.25. The number of hydrogen-bond acceptors (Lipinski definition) is 7. The second-order valence-corrected chi connectivity index (χ2v) is 5.79. The lowest BCUT2D eigenvalue weighted by atomic mass is 10.1. The maximum Gasteiger partial charge on any atom is 0.259 e. The molecule has 3 heterocycles. The van der Waals surface area contributed by atoms with Crippen molar-refractivity contribution in [2.24, 2.45) is 0 Å². The first-order valence-corrected chi connectivity index (χ1v) is 8.19. The van der Waals surface area contributed by atoms with Gasteiger partial charge in [-0.15, -0.1) is 5.73 Å². The molecule has 0 atom stereocenters. The van der Waals surface area contributed by atoms with Crippen molar-refractivity contribution in [3.8, 4) is 11.1 Å². The summed E-state index contributed by atoms with van der Waals surface area (Å²) in [6, 6.07) is 7.13. The molecule has 4 N–H and O–H groups in total. The molecule has 0 aromatic carbocycles. The third-order valence-corrected chi connectivity index (χ3v) is 3.94. The topological polar surface area (TPSA) is 119 Å². The maximum atomic E-state index is 12.4. The Morgan fingerprint density at radius 1 is 1.07 bits per heavy atom. The lowest BCUT2D eigenvalue weighted by molar-refractivity contribution is 0.0965. The highest BCUT2D eigenvalue weighted by molar-refractivity contribution is 6.00. The summed E-state index contributed by atoms with van der Waals surface area (Å²) in [4.78, 5) is 28.8. The number of nitrogen functional groups attached to an aromatic ring is 1. The van der Waals surface area contributed by atoms with Crippen molar-refractivity contribution >= 4 is 23.4 Å². The molecule has 0 spiro atoms. The minimum absolute atomic E-state index is 0.175. The number of aromatic nitrogens is 4. The molecule has 0 aliphatic heterocycles. The average Bonchev–Trinajstić information content (AvgIpc) is 2.66. The lowest BCUT2D eigenvalue weighted by Gasteiger charge is -2.12. The standard InChI is InChI=1S/C19H15N7O/c20-18-15(19(27)25-14-2-1-3-14)8-13(10-23-18)12-4-7-22-17(9-12)26-16-5-6-21-11-24-16/h1,4-11H,2H2,(H2,20,23)(H,25,27)(H,21,22,24,26). The molecule has 8 nitrogen and oxygen atoms in total. The van der Waals surface area contributed by atoms with Crippen LogP contribution in [0.3, 0.4) is 0 Å². The fourth-order valence-corrected chi connectivity index (χ4v) is 2.49. The highest BCUT2D eigenvalue weighted by Gasteiger charge is 2.15. The largest absolute Gasteiger partial charge is 0.383 e. The van der Waals surface area contributed by atoms with E-state index >= 15 is 0 Å². The van der Waals surface area contributed by atoms with Crippen LogP contribution in [0.5, 0.6) is 0 Å². The number of carbonyl (C=O) groups excluding carboxylic acids is 1. The zero-order valence-electron chi connectivity index (χ0n) is 14.2. The fourth-order valence-electron chi connectivity index (χ4n) is 2.49. The molecule has 4 rings (SSSR count). The third kappa shape index (κ3) is 3.65. The van der Waals surface area contributed by atoms with Gasteiger partial charge in [-0.05, 0) is 35.9 Å². The maximum absolute atomic E-state index is 12.4. The van der Waals surface area contributed by atoms with Gasteiger partial charge in [0.15, 0.2) is 0 Å². The van der Waals surface area contributed by atoms with Crippen LogP contribution in [0.15, 0.2) is 66.7 Å². The van der Waals surface area contributed by atoms with Gasteiger partial charge in [0.25, 0.3) is 5.91 Å². The molecule has 0 radical (unpaired) electrons. The molecule has 0 bridgehead atoms. The van der Waals surface area contributed by atoms with Crippen molar-refractivity contribution in [3.63, 3.8) is 0 Å². The zero-order valence-corrected chi connectivity index (χ0v) is 14.2. The highest BCUT2D eigenvalue weighted by atomic mass is 16.1. The minimum Gasteiger partial charge on any atom is -0.383 e. The van der Waals surface area contributed by atoms with Gasteiger partial charge in [0.05, 0.1) is 11.3 Å². The van der Waals surface area contributed by atoms with Crippen LogP contribution in [0, 0.1) is 0 Å². The number of rotatable bonds is 5. The number of hydrogen-bond donors (Lipinski definition) is 3. The smallest absolute Gasteiger partial charge is 0.259 e. The SMILES string of the molecule is Nc1ncc(-c2ccnc(Nc3ccncn3)c2)cc1C(=O)NC1=C=CC1. The monoisotopic (exact) mass is 357 g/mol. The van der Waals surface area contributed by atoms with Gasteiger partial charge in [-0.2, -0.15) is 0 Å². The first kappa shape index (κ1) is 16.4. The minimum atomic E-state index is -0.300. The molecule has 0 fully saturated rings. The van der Waals surface area contributed by atoms with E-state index in [4.69, 9.17) is 5.73 Å². The first-order valence-electron chi connectivity index (χ1n) is 8.19. The Labute approximate surface area is 154 Å². The lowest BCUT2D eigenvalue weighted by Crippen LogP contribution is -2.25. The second-order valence-electron chi connectivity index (χ2n) is 5.79. The number of nitrogens with zero attached hydrogens (tertiary/aromatic N) is 4. The van der Waals surface area contributed by atoms with Gasteiger partial charge in [0.2, 0.25) is 0 Å². The molecule has 8 heteroatoms. The first-order chi connectivity index (χ1) is 13.2. The Bertz CT molecular complexity index is 1070. The fraction of sp³-hybridized carbons (Fsp3) is 0.0526. The van der Waals surface area contributed by atoms with E-state index in [0.717, 1.165) is 16.8 Å².